The van der Waals surface area contributed by atoms with Crippen LogP contribution < -0.4 is 0 Å². The maximum atomic E-state index is 10.6. The number of nitrogens with zero attached hydrogens (tertiary/aromatic N) is 1. The van der Waals surface area contributed by atoms with Gasteiger partial charge in [0.2, 0.25) is 0 Å². The van der Waals surface area contributed by atoms with E-state index in [2.05, 4.69) is 20.9 Å². The van der Waals surface area contributed by atoms with Gasteiger partial charge in [-0.25, -0.2) is 9.78 Å². The lowest BCUT2D eigenvalue weighted by Gasteiger charge is -2.03. The second-order valence-electron chi connectivity index (χ2n) is 2.28. The van der Waals surface area contributed by atoms with Crippen molar-refractivity contribution < 1.29 is 9.90 Å². The predicted octanol–water partition coefficient (Wildman–Crippen LogP) is 2.10. The first-order chi connectivity index (χ1) is 5.66. The van der Waals surface area contributed by atoms with Crippen LogP contribution in [0.2, 0.25) is 0 Å². The van der Waals surface area contributed by atoms with Crippen molar-refractivity contribution in [1.29, 1.82) is 0 Å². The van der Waals surface area contributed by atoms with Crippen LogP contribution in [0.1, 0.15) is 23.0 Å². The first-order valence-electron chi connectivity index (χ1n) is 3.53. The number of aromatic nitrogens is 1. The molecule has 1 heterocycles. The molecule has 3 nitrogen and oxygen atoms in total. The molecular weight excluding hydrogens is 222 g/mol. The normalized spacial score (nSPS) is 9.83. The smallest absolute Gasteiger partial charge is 0.354 e. The van der Waals surface area contributed by atoms with Crippen LogP contribution in [0.25, 0.3) is 0 Å². The number of carboxylic acid groups (broad SMARTS) is 1. The molecule has 1 aromatic rings. The van der Waals surface area contributed by atoms with E-state index >= 15 is 0 Å². The molecule has 0 bridgehead atoms. The molecule has 12 heavy (non-hydrogen) atoms. The summed E-state index contributed by atoms with van der Waals surface area (Å²) in [5, 5.41) is 8.74. The van der Waals surface area contributed by atoms with E-state index < -0.39 is 5.97 Å². The van der Waals surface area contributed by atoms with Crippen molar-refractivity contribution >= 4 is 21.9 Å². The van der Waals surface area contributed by atoms with Crippen molar-refractivity contribution in [3.05, 3.63) is 28.0 Å². The molecule has 0 aliphatic rings. The Hall–Kier alpha value is -0.900. The van der Waals surface area contributed by atoms with Crippen LogP contribution >= 0.6 is 15.9 Å². The quantitative estimate of drug-likeness (QED) is 0.846. The van der Waals surface area contributed by atoms with E-state index in [1.165, 1.54) is 6.20 Å². The van der Waals surface area contributed by atoms with Crippen molar-refractivity contribution in [2.24, 2.45) is 0 Å². The second kappa shape index (κ2) is 3.67. The monoisotopic (exact) mass is 229 g/mol. The van der Waals surface area contributed by atoms with Crippen LogP contribution in [0.3, 0.4) is 0 Å². The van der Waals surface area contributed by atoms with Gasteiger partial charge in [0.1, 0.15) is 0 Å². The Labute approximate surface area is 78.6 Å². The molecule has 0 saturated heterocycles. The summed E-state index contributed by atoms with van der Waals surface area (Å²) in [6, 6.07) is 1.74. The number of carboxylic acids is 1. The molecule has 0 aromatic carbocycles. The number of aromatic carboxylic acids is 1. The zero-order chi connectivity index (χ0) is 9.14. The Morgan fingerprint density at radius 3 is 2.83 bits per heavy atom. The number of rotatable bonds is 2. The molecule has 0 radical (unpaired) electrons. The van der Waals surface area contributed by atoms with Gasteiger partial charge in [0, 0.05) is 10.7 Å². The molecule has 0 aliphatic heterocycles. The van der Waals surface area contributed by atoms with Gasteiger partial charge < -0.3 is 5.11 Å². The summed E-state index contributed by atoms with van der Waals surface area (Å²) in [5.74, 6) is -0.979. The number of carbonyl (C=O) groups is 1. The Morgan fingerprint density at radius 1 is 1.75 bits per heavy atom. The average Bonchev–Trinajstić information content (AvgIpc) is 2.03. The first kappa shape index (κ1) is 9.19. The maximum absolute atomic E-state index is 10.6. The van der Waals surface area contributed by atoms with E-state index in [1.807, 2.05) is 6.92 Å². The molecule has 64 valence electrons. The first-order valence-corrected chi connectivity index (χ1v) is 4.32. The van der Waals surface area contributed by atoms with Gasteiger partial charge in [0.15, 0.2) is 5.69 Å². The number of pyridine rings is 1. The van der Waals surface area contributed by atoms with Gasteiger partial charge in [-0.15, -0.1) is 0 Å². The van der Waals surface area contributed by atoms with Crippen molar-refractivity contribution in [2.45, 2.75) is 13.3 Å². The molecule has 0 aliphatic carbocycles. The fourth-order valence-corrected chi connectivity index (χ4v) is 1.58. The van der Waals surface area contributed by atoms with Crippen molar-refractivity contribution in [2.75, 3.05) is 0 Å². The molecule has 0 spiro atoms. The topological polar surface area (TPSA) is 50.2 Å². The molecule has 0 unspecified atom stereocenters. The van der Waals surface area contributed by atoms with Crippen LogP contribution in [-0.2, 0) is 6.42 Å². The summed E-state index contributed by atoms with van der Waals surface area (Å²) in [6.07, 6.45) is 2.14. The standard InChI is InChI=1S/C8H8BrNO2/c1-2-5-6(9)3-4-10-7(5)8(11)12/h3-4H,2H2,1H3,(H,11,12). The Morgan fingerprint density at radius 2 is 2.42 bits per heavy atom. The summed E-state index contributed by atoms with van der Waals surface area (Å²) in [7, 11) is 0. The molecule has 0 atom stereocenters. The van der Waals surface area contributed by atoms with Crippen LogP contribution in [0.15, 0.2) is 16.7 Å². The minimum atomic E-state index is -0.979. The number of hydrogen-bond donors (Lipinski definition) is 1. The molecule has 0 amide bonds. The fourth-order valence-electron chi connectivity index (χ4n) is 0.989. The zero-order valence-corrected chi connectivity index (χ0v) is 8.13. The lowest BCUT2D eigenvalue weighted by Crippen LogP contribution is -2.05. The van der Waals surface area contributed by atoms with Crippen LogP contribution in [-0.4, -0.2) is 16.1 Å². The Balaban J connectivity index is 3.27. The van der Waals surface area contributed by atoms with Gasteiger partial charge in [-0.2, -0.15) is 0 Å². The van der Waals surface area contributed by atoms with Gasteiger partial charge >= 0.3 is 5.97 Å². The summed E-state index contributed by atoms with van der Waals surface area (Å²) in [5.41, 5.74) is 0.872. The number of hydrogen-bond acceptors (Lipinski definition) is 2. The molecule has 0 saturated carbocycles. The van der Waals surface area contributed by atoms with Gasteiger partial charge in [-0.3, -0.25) is 0 Å². The van der Waals surface area contributed by atoms with Crippen molar-refractivity contribution in [1.82, 2.24) is 4.98 Å². The minimum Gasteiger partial charge on any atom is -0.477 e. The molecule has 1 rings (SSSR count). The van der Waals surface area contributed by atoms with E-state index in [1.54, 1.807) is 6.07 Å². The third-order valence-corrected chi connectivity index (χ3v) is 2.30. The summed E-state index contributed by atoms with van der Waals surface area (Å²) in [6.45, 7) is 1.90. The van der Waals surface area contributed by atoms with Crippen LogP contribution in [0.4, 0.5) is 0 Å². The highest BCUT2D eigenvalue weighted by molar-refractivity contribution is 9.10. The van der Waals surface area contributed by atoms with E-state index in [4.69, 9.17) is 5.11 Å². The molecular formula is C8H8BrNO2. The van der Waals surface area contributed by atoms with Crippen LogP contribution in [0, 0.1) is 0 Å². The highest BCUT2D eigenvalue weighted by atomic mass is 79.9. The van der Waals surface area contributed by atoms with E-state index in [9.17, 15) is 4.79 Å². The molecule has 4 heteroatoms. The fraction of sp³-hybridized carbons (Fsp3) is 0.250. The third kappa shape index (κ3) is 1.64. The molecule has 0 fully saturated rings. The summed E-state index contributed by atoms with van der Waals surface area (Å²) in [4.78, 5) is 14.4. The van der Waals surface area contributed by atoms with Gasteiger partial charge in [0.05, 0.1) is 0 Å². The Bertz CT molecular complexity index is 312. The SMILES string of the molecule is CCc1c(Br)ccnc1C(=O)O. The lowest BCUT2D eigenvalue weighted by molar-refractivity contribution is 0.0689. The van der Waals surface area contributed by atoms with E-state index in [0.29, 0.717) is 6.42 Å². The Kier molecular flexibility index (Phi) is 2.81. The van der Waals surface area contributed by atoms with Crippen molar-refractivity contribution in [3.8, 4) is 0 Å². The van der Waals surface area contributed by atoms with E-state index in [-0.39, 0.29) is 5.69 Å². The third-order valence-electron chi connectivity index (χ3n) is 1.55. The predicted molar refractivity (Wildman–Crippen MR) is 48.3 cm³/mol. The summed E-state index contributed by atoms with van der Waals surface area (Å²) < 4.78 is 0.803. The largest absolute Gasteiger partial charge is 0.477 e. The molecule has 1 aromatic heterocycles. The van der Waals surface area contributed by atoms with Gasteiger partial charge in [-0.05, 0) is 18.1 Å². The van der Waals surface area contributed by atoms with E-state index in [0.717, 1.165) is 10.0 Å². The average molecular weight is 230 g/mol. The number of halogens is 1. The van der Waals surface area contributed by atoms with Gasteiger partial charge in [-0.1, -0.05) is 22.9 Å². The summed E-state index contributed by atoms with van der Waals surface area (Å²) >= 11 is 3.27. The maximum Gasteiger partial charge on any atom is 0.354 e. The lowest BCUT2D eigenvalue weighted by atomic mass is 10.1. The second-order valence-corrected chi connectivity index (χ2v) is 3.13. The highest BCUT2D eigenvalue weighted by Gasteiger charge is 2.11. The van der Waals surface area contributed by atoms with Crippen molar-refractivity contribution in [3.63, 3.8) is 0 Å². The molecule has 1 N–H and O–H groups in total. The zero-order valence-electron chi connectivity index (χ0n) is 6.54. The minimum absolute atomic E-state index is 0.131. The van der Waals surface area contributed by atoms with Gasteiger partial charge in [0.25, 0.3) is 0 Å². The van der Waals surface area contributed by atoms with Crippen LogP contribution in [0.5, 0.6) is 0 Å². The highest BCUT2D eigenvalue weighted by Crippen LogP contribution is 2.18.